The molecule has 0 aliphatic heterocycles. The van der Waals surface area contributed by atoms with Gasteiger partial charge in [0.1, 0.15) is 0 Å². The van der Waals surface area contributed by atoms with E-state index >= 15 is 0 Å². The average Bonchev–Trinajstić information content (AvgIpc) is 3.15. The summed E-state index contributed by atoms with van der Waals surface area (Å²) in [5.74, 6) is -0.716. The van der Waals surface area contributed by atoms with Crippen molar-refractivity contribution in [2.24, 2.45) is 0 Å². The van der Waals surface area contributed by atoms with Crippen LogP contribution in [0.3, 0.4) is 0 Å². The SMILES string of the molecule is C=CCn1c(SCC(=O)O)nnc1[C@H](C)NC(=O)c1ccco1. The van der Waals surface area contributed by atoms with E-state index in [1.807, 2.05) is 0 Å². The van der Waals surface area contributed by atoms with Crippen LogP contribution in [-0.4, -0.2) is 37.5 Å². The predicted octanol–water partition coefficient (Wildman–Crippen LogP) is 1.72. The minimum Gasteiger partial charge on any atom is -0.481 e. The number of carbonyl (C=O) groups excluding carboxylic acids is 1. The van der Waals surface area contributed by atoms with Crippen molar-refractivity contribution in [1.82, 2.24) is 20.1 Å². The Morgan fingerprint density at radius 3 is 2.96 bits per heavy atom. The highest BCUT2D eigenvalue weighted by atomic mass is 32.2. The summed E-state index contributed by atoms with van der Waals surface area (Å²) in [7, 11) is 0. The number of aromatic nitrogens is 3. The van der Waals surface area contributed by atoms with Crippen LogP contribution < -0.4 is 5.32 Å². The second-order valence-electron chi connectivity index (χ2n) is 4.59. The van der Waals surface area contributed by atoms with E-state index in [0.29, 0.717) is 17.5 Å². The van der Waals surface area contributed by atoms with E-state index in [1.165, 1.54) is 6.26 Å². The Morgan fingerprint density at radius 1 is 1.57 bits per heavy atom. The van der Waals surface area contributed by atoms with Gasteiger partial charge in [0.05, 0.1) is 18.1 Å². The lowest BCUT2D eigenvalue weighted by Gasteiger charge is -2.14. The lowest BCUT2D eigenvalue weighted by molar-refractivity contribution is -0.133. The molecule has 0 radical (unpaired) electrons. The summed E-state index contributed by atoms with van der Waals surface area (Å²) < 4.78 is 6.76. The number of hydrogen-bond donors (Lipinski definition) is 2. The van der Waals surface area contributed by atoms with Gasteiger partial charge in [0.25, 0.3) is 5.91 Å². The molecular formula is C14H16N4O4S. The van der Waals surface area contributed by atoms with Crippen LogP contribution in [0.5, 0.6) is 0 Å². The van der Waals surface area contributed by atoms with E-state index in [-0.39, 0.29) is 17.4 Å². The molecule has 0 aromatic carbocycles. The number of carbonyl (C=O) groups is 2. The summed E-state index contributed by atoms with van der Waals surface area (Å²) in [6, 6.07) is 2.75. The molecule has 23 heavy (non-hydrogen) atoms. The van der Waals surface area contributed by atoms with E-state index in [9.17, 15) is 9.59 Å². The first-order valence-electron chi connectivity index (χ1n) is 6.76. The second-order valence-corrected chi connectivity index (χ2v) is 5.54. The van der Waals surface area contributed by atoms with Crippen LogP contribution in [0.4, 0.5) is 0 Å². The summed E-state index contributed by atoms with van der Waals surface area (Å²) in [6.45, 7) is 5.84. The molecule has 0 spiro atoms. The molecule has 2 rings (SSSR count). The van der Waals surface area contributed by atoms with E-state index in [0.717, 1.165) is 11.8 Å². The number of carboxylic acid groups (broad SMARTS) is 1. The van der Waals surface area contributed by atoms with Gasteiger partial charge >= 0.3 is 5.97 Å². The standard InChI is InChI=1S/C14H16N4O4S/c1-3-6-18-12(16-17-14(18)23-8-11(19)20)9(2)15-13(21)10-5-4-7-22-10/h3-5,7,9H,1,6,8H2,2H3,(H,15,21)(H,19,20)/t9-/m0/s1. The lowest BCUT2D eigenvalue weighted by Crippen LogP contribution is -2.28. The van der Waals surface area contributed by atoms with Crippen LogP contribution in [-0.2, 0) is 11.3 Å². The maximum Gasteiger partial charge on any atom is 0.313 e. The van der Waals surface area contributed by atoms with Gasteiger partial charge in [0, 0.05) is 6.54 Å². The zero-order chi connectivity index (χ0) is 16.8. The highest BCUT2D eigenvalue weighted by Crippen LogP contribution is 2.21. The second kappa shape index (κ2) is 7.63. The van der Waals surface area contributed by atoms with E-state index in [4.69, 9.17) is 9.52 Å². The Kier molecular flexibility index (Phi) is 5.58. The molecule has 2 N–H and O–H groups in total. The molecule has 0 bridgehead atoms. The number of nitrogens with one attached hydrogen (secondary N) is 1. The van der Waals surface area contributed by atoms with Crippen LogP contribution >= 0.6 is 11.8 Å². The summed E-state index contributed by atoms with van der Waals surface area (Å²) in [6.07, 6.45) is 3.07. The van der Waals surface area contributed by atoms with Crippen LogP contribution in [0.2, 0.25) is 0 Å². The van der Waals surface area contributed by atoms with Gasteiger partial charge in [-0.1, -0.05) is 17.8 Å². The molecular weight excluding hydrogens is 320 g/mol. The molecule has 2 heterocycles. The quantitative estimate of drug-likeness (QED) is 0.558. The third-order valence-corrected chi connectivity index (χ3v) is 3.81. The fraction of sp³-hybridized carbons (Fsp3) is 0.286. The van der Waals surface area contributed by atoms with Gasteiger partial charge in [-0.2, -0.15) is 0 Å². The van der Waals surface area contributed by atoms with Crippen molar-refractivity contribution in [1.29, 1.82) is 0 Å². The van der Waals surface area contributed by atoms with Crippen molar-refractivity contribution in [3.05, 3.63) is 42.6 Å². The summed E-state index contributed by atoms with van der Waals surface area (Å²) in [4.78, 5) is 22.7. The molecule has 2 aromatic rings. The smallest absolute Gasteiger partial charge is 0.313 e. The number of carboxylic acids is 1. The van der Waals surface area contributed by atoms with Gasteiger partial charge in [-0.05, 0) is 19.1 Å². The maximum absolute atomic E-state index is 12.0. The Balaban J connectivity index is 2.15. The van der Waals surface area contributed by atoms with Crippen molar-refractivity contribution in [3.63, 3.8) is 0 Å². The Hall–Kier alpha value is -2.55. The topological polar surface area (TPSA) is 110 Å². The molecule has 0 unspecified atom stereocenters. The number of hydrogen-bond acceptors (Lipinski definition) is 6. The van der Waals surface area contributed by atoms with Crippen molar-refractivity contribution in [2.75, 3.05) is 5.75 Å². The third-order valence-electron chi connectivity index (χ3n) is 2.86. The largest absolute Gasteiger partial charge is 0.481 e. The monoisotopic (exact) mass is 336 g/mol. The number of furan rings is 1. The van der Waals surface area contributed by atoms with Crippen LogP contribution in [0.1, 0.15) is 29.3 Å². The van der Waals surface area contributed by atoms with Gasteiger partial charge in [0.2, 0.25) is 0 Å². The number of thioether (sulfide) groups is 1. The number of allylic oxidation sites excluding steroid dienone is 1. The third kappa shape index (κ3) is 4.22. The molecule has 0 saturated heterocycles. The molecule has 2 aromatic heterocycles. The van der Waals surface area contributed by atoms with Gasteiger partial charge in [-0.3, -0.25) is 9.59 Å². The summed E-state index contributed by atoms with van der Waals surface area (Å²) >= 11 is 1.06. The molecule has 122 valence electrons. The van der Waals surface area contributed by atoms with E-state index < -0.39 is 12.0 Å². The molecule has 9 heteroatoms. The van der Waals surface area contributed by atoms with Crippen molar-refractivity contribution < 1.29 is 19.1 Å². The normalized spacial score (nSPS) is 11.9. The Bertz CT molecular complexity index is 696. The van der Waals surface area contributed by atoms with Crippen molar-refractivity contribution in [3.8, 4) is 0 Å². The zero-order valence-corrected chi connectivity index (χ0v) is 13.2. The first-order chi connectivity index (χ1) is 11.0. The van der Waals surface area contributed by atoms with Crippen LogP contribution in [0.25, 0.3) is 0 Å². The van der Waals surface area contributed by atoms with Crippen LogP contribution in [0, 0.1) is 0 Å². The predicted molar refractivity (Wildman–Crippen MR) is 83.2 cm³/mol. The number of amides is 1. The molecule has 0 saturated carbocycles. The number of nitrogens with zero attached hydrogens (tertiary/aromatic N) is 3. The molecule has 1 atom stereocenters. The zero-order valence-electron chi connectivity index (χ0n) is 12.4. The van der Waals surface area contributed by atoms with Crippen molar-refractivity contribution >= 4 is 23.6 Å². The highest BCUT2D eigenvalue weighted by molar-refractivity contribution is 7.99. The fourth-order valence-electron chi connectivity index (χ4n) is 1.89. The van der Waals surface area contributed by atoms with E-state index in [1.54, 1.807) is 29.7 Å². The van der Waals surface area contributed by atoms with Crippen molar-refractivity contribution in [2.45, 2.75) is 24.7 Å². The van der Waals surface area contributed by atoms with Crippen LogP contribution in [0.15, 0.2) is 40.6 Å². The van der Waals surface area contributed by atoms with Gasteiger partial charge < -0.3 is 19.4 Å². The van der Waals surface area contributed by atoms with E-state index in [2.05, 4.69) is 22.1 Å². The minimum absolute atomic E-state index is 0.123. The summed E-state index contributed by atoms with van der Waals surface area (Å²) in [5, 5.41) is 20.0. The van der Waals surface area contributed by atoms with Gasteiger partial charge in [-0.25, -0.2) is 0 Å². The Labute approximate surface area is 136 Å². The first kappa shape index (κ1) is 16.8. The summed E-state index contributed by atoms with van der Waals surface area (Å²) in [5.41, 5.74) is 0. The minimum atomic E-state index is -0.941. The lowest BCUT2D eigenvalue weighted by atomic mass is 10.3. The number of rotatable bonds is 8. The molecule has 0 fully saturated rings. The number of aliphatic carboxylic acids is 1. The molecule has 1 amide bonds. The molecule has 0 aliphatic rings. The highest BCUT2D eigenvalue weighted by Gasteiger charge is 2.21. The van der Waals surface area contributed by atoms with Gasteiger partial charge in [0.15, 0.2) is 16.7 Å². The molecule has 0 aliphatic carbocycles. The first-order valence-corrected chi connectivity index (χ1v) is 7.74. The Morgan fingerprint density at radius 2 is 2.35 bits per heavy atom. The molecule has 8 nitrogen and oxygen atoms in total. The maximum atomic E-state index is 12.0. The fourth-order valence-corrected chi connectivity index (χ4v) is 2.57. The average molecular weight is 336 g/mol. The van der Waals surface area contributed by atoms with Gasteiger partial charge in [-0.15, -0.1) is 16.8 Å².